The molecule has 2 rings (SSSR count). The van der Waals surface area contributed by atoms with Crippen LogP contribution in [0.25, 0.3) is 0 Å². The van der Waals surface area contributed by atoms with Crippen LogP contribution < -0.4 is 5.32 Å². The lowest BCUT2D eigenvalue weighted by Crippen LogP contribution is -2.35. The van der Waals surface area contributed by atoms with Gasteiger partial charge < -0.3 is 19.9 Å². The van der Waals surface area contributed by atoms with Gasteiger partial charge in [-0.25, -0.2) is 4.79 Å². The Morgan fingerprint density at radius 1 is 1.25 bits per heavy atom. The molecule has 1 aliphatic rings. The molecule has 1 fully saturated rings. The topological polar surface area (TPSA) is 84.9 Å². The van der Waals surface area contributed by atoms with Crippen molar-refractivity contribution in [3.05, 3.63) is 35.4 Å². The molecule has 24 heavy (non-hydrogen) atoms. The van der Waals surface area contributed by atoms with Crippen LogP contribution in [0.15, 0.2) is 24.3 Å². The van der Waals surface area contributed by atoms with Gasteiger partial charge in [0.1, 0.15) is 6.10 Å². The van der Waals surface area contributed by atoms with Gasteiger partial charge in [0, 0.05) is 6.54 Å². The van der Waals surface area contributed by atoms with E-state index < -0.39 is 18.2 Å². The van der Waals surface area contributed by atoms with Crippen molar-refractivity contribution in [3.8, 4) is 0 Å². The summed E-state index contributed by atoms with van der Waals surface area (Å²) in [6.45, 7) is 6.90. The van der Waals surface area contributed by atoms with E-state index in [0.29, 0.717) is 26.0 Å². The van der Waals surface area contributed by atoms with Crippen LogP contribution in [0.3, 0.4) is 0 Å². The molecule has 6 heteroatoms. The lowest BCUT2D eigenvalue weighted by Gasteiger charge is -2.19. The number of rotatable bonds is 6. The highest BCUT2D eigenvalue weighted by Gasteiger charge is 2.34. The number of benzene rings is 1. The third-order valence-electron chi connectivity index (χ3n) is 3.72. The molecule has 1 amide bonds. The van der Waals surface area contributed by atoms with E-state index in [1.807, 2.05) is 45.0 Å². The quantitative estimate of drug-likeness (QED) is 0.833. The number of carbonyl (C=O) groups excluding carboxylic acids is 1. The van der Waals surface area contributed by atoms with Crippen LogP contribution in [0.2, 0.25) is 0 Å². The maximum Gasteiger partial charge on any atom is 0.332 e. The number of hydrogen-bond donors (Lipinski definition) is 2. The van der Waals surface area contributed by atoms with Crippen molar-refractivity contribution in [1.82, 2.24) is 5.32 Å². The molecule has 0 radical (unpaired) electrons. The predicted molar refractivity (Wildman–Crippen MR) is 88.4 cm³/mol. The summed E-state index contributed by atoms with van der Waals surface area (Å²) in [6, 6.07) is 7.82. The first-order valence-corrected chi connectivity index (χ1v) is 8.12. The van der Waals surface area contributed by atoms with Gasteiger partial charge in [-0.05, 0) is 44.7 Å². The second-order valence-corrected chi connectivity index (χ2v) is 6.97. The molecule has 0 unspecified atom stereocenters. The van der Waals surface area contributed by atoms with Crippen LogP contribution in [0.1, 0.15) is 44.7 Å². The van der Waals surface area contributed by atoms with E-state index in [4.69, 9.17) is 14.6 Å². The van der Waals surface area contributed by atoms with E-state index in [1.165, 1.54) is 0 Å². The van der Waals surface area contributed by atoms with Gasteiger partial charge in [-0.2, -0.15) is 0 Å². The van der Waals surface area contributed by atoms with Crippen LogP contribution in [0, 0.1) is 0 Å². The van der Waals surface area contributed by atoms with Gasteiger partial charge in [-0.1, -0.05) is 24.3 Å². The van der Waals surface area contributed by atoms with Crippen molar-refractivity contribution in [2.24, 2.45) is 0 Å². The second kappa shape index (κ2) is 7.77. The highest BCUT2D eigenvalue weighted by atomic mass is 16.5. The summed E-state index contributed by atoms with van der Waals surface area (Å²) in [5.41, 5.74) is 1.80. The van der Waals surface area contributed by atoms with Crippen LogP contribution in [-0.4, -0.2) is 34.8 Å². The zero-order valence-electron chi connectivity index (χ0n) is 14.4. The van der Waals surface area contributed by atoms with E-state index in [9.17, 15) is 9.59 Å². The maximum atomic E-state index is 12.1. The van der Waals surface area contributed by atoms with Gasteiger partial charge in [0.15, 0.2) is 6.10 Å². The average molecular weight is 335 g/mol. The number of aliphatic carboxylic acids is 1. The van der Waals surface area contributed by atoms with Crippen LogP contribution in [0.5, 0.6) is 0 Å². The second-order valence-electron chi connectivity index (χ2n) is 6.97. The first-order chi connectivity index (χ1) is 11.2. The normalized spacial score (nSPS) is 20.8. The molecular weight excluding hydrogens is 310 g/mol. The van der Waals surface area contributed by atoms with Crippen molar-refractivity contribution in [2.75, 3.05) is 0 Å². The minimum absolute atomic E-state index is 0.204. The Hall–Kier alpha value is -1.92. The SMILES string of the molecule is CC(C)(C)OCc1cccc(CNC(=O)[C@@H]2CC[C@H](C(=O)O)O2)c1. The molecule has 0 spiro atoms. The minimum Gasteiger partial charge on any atom is -0.479 e. The number of hydrogen-bond acceptors (Lipinski definition) is 4. The molecule has 0 aromatic heterocycles. The molecule has 1 aromatic rings. The number of amides is 1. The molecular formula is C18H25NO5. The van der Waals surface area contributed by atoms with Crippen LogP contribution in [-0.2, 0) is 32.2 Å². The summed E-state index contributed by atoms with van der Waals surface area (Å²) in [7, 11) is 0. The summed E-state index contributed by atoms with van der Waals surface area (Å²) in [5.74, 6) is -1.29. The summed E-state index contributed by atoms with van der Waals surface area (Å²) in [4.78, 5) is 22.9. The van der Waals surface area contributed by atoms with Gasteiger partial charge in [-0.15, -0.1) is 0 Å². The molecule has 2 N–H and O–H groups in total. The molecule has 1 heterocycles. The van der Waals surface area contributed by atoms with Crippen LogP contribution in [0.4, 0.5) is 0 Å². The monoisotopic (exact) mass is 335 g/mol. The largest absolute Gasteiger partial charge is 0.479 e. The molecule has 1 aliphatic heterocycles. The van der Waals surface area contributed by atoms with Crippen molar-refractivity contribution < 1.29 is 24.2 Å². The third kappa shape index (κ3) is 5.62. The maximum absolute atomic E-state index is 12.1. The highest BCUT2D eigenvalue weighted by Crippen LogP contribution is 2.20. The van der Waals surface area contributed by atoms with Gasteiger partial charge in [-0.3, -0.25) is 4.79 Å². The summed E-state index contributed by atoms with van der Waals surface area (Å²) in [6.07, 6.45) is -0.757. The Labute approximate surface area is 142 Å². The van der Waals surface area contributed by atoms with Crippen molar-refractivity contribution in [2.45, 2.75) is 64.6 Å². The summed E-state index contributed by atoms with van der Waals surface area (Å²) >= 11 is 0. The lowest BCUT2D eigenvalue weighted by molar-refractivity contribution is -0.151. The molecule has 2 atom stereocenters. The number of nitrogens with one attached hydrogen (secondary N) is 1. The number of carboxylic acid groups (broad SMARTS) is 1. The van der Waals surface area contributed by atoms with E-state index in [-0.39, 0.29) is 11.5 Å². The first-order valence-electron chi connectivity index (χ1n) is 8.12. The fourth-order valence-electron chi connectivity index (χ4n) is 2.44. The molecule has 1 aromatic carbocycles. The fraction of sp³-hybridized carbons (Fsp3) is 0.556. The number of carboxylic acids is 1. The molecule has 6 nitrogen and oxygen atoms in total. The molecule has 0 saturated carbocycles. The van der Waals surface area contributed by atoms with E-state index >= 15 is 0 Å². The Morgan fingerprint density at radius 3 is 2.54 bits per heavy atom. The Morgan fingerprint density at radius 2 is 1.92 bits per heavy atom. The fourth-order valence-corrected chi connectivity index (χ4v) is 2.44. The minimum atomic E-state index is -1.02. The summed E-state index contributed by atoms with van der Waals surface area (Å²) < 4.78 is 11.0. The standard InChI is InChI=1S/C18H25NO5/c1-18(2,3)23-11-13-6-4-5-12(9-13)10-19-16(20)14-7-8-15(24-14)17(21)22/h4-6,9,14-15H,7-8,10-11H2,1-3H3,(H,19,20)(H,21,22)/t14-,15+/m0/s1. The zero-order chi connectivity index (χ0) is 17.7. The van der Waals surface area contributed by atoms with E-state index in [1.54, 1.807) is 0 Å². The molecule has 0 aliphatic carbocycles. The van der Waals surface area contributed by atoms with Crippen molar-refractivity contribution in [3.63, 3.8) is 0 Å². The van der Waals surface area contributed by atoms with E-state index in [2.05, 4.69) is 5.32 Å². The smallest absolute Gasteiger partial charge is 0.332 e. The van der Waals surface area contributed by atoms with Crippen LogP contribution >= 0.6 is 0 Å². The number of carbonyl (C=O) groups is 2. The Balaban J connectivity index is 1.84. The Kier molecular flexibility index (Phi) is 5.96. The highest BCUT2D eigenvalue weighted by molar-refractivity contribution is 5.82. The van der Waals surface area contributed by atoms with Crippen molar-refractivity contribution >= 4 is 11.9 Å². The predicted octanol–water partition coefficient (Wildman–Crippen LogP) is 2.25. The van der Waals surface area contributed by atoms with Gasteiger partial charge in [0.05, 0.1) is 12.2 Å². The van der Waals surface area contributed by atoms with Gasteiger partial charge in [0.2, 0.25) is 5.91 Å². The third-order valence-corrected chi connectivity index (χ3v) is 3.72. The van der Waals surface area contributed by atoms with E-state index in [0.717, 1.165) is 11.1 Å². The summed E-state index contributed by atoms with van der Waals surface area (Å²) in [5, 5.41) is 11.7. The zero-order valence-corrected chi connectivity index (χ0v) is 14.4. The average Bonchev–Trinajstić information content (AvgIpc) is 3.01. The van der Waals surface area contributed by atoms with Crippen molar-refractivity contribution in [1.29, 1.82) is 0 Å². The van der Waals surface area contributed by atoms with Gasteiger partial charge in [0.25, 0.3) is 0 Å². The molecule has 132 valence electrons. The molecule has 0 bridgehead atoms. The van der Waals surface area contributed by atoms with Gasteiger partial charge >= 0.3 is 5.97 Å². The first kappa shape index (κ1) is 18.4. The lowest BCUT2D eigenvalue weighted by atomic mass is 10.1. The Bertz CT molecular complexity index is 593. The molecule has 1 saturated heterocycles. The number of ether oxygens (including phenoxy) is 2.